The van der Waals surface area contributed by atoms with E-state index in [0.29, 0.717) is 35.4 Å². The summed E-state index contributed by atoms with van der Waals surface area (Å²) in [7, 11) is 1.66. The molecule has 2 aromatic rings. The van der Waals surface area contributed by atoms with Gasteiger partial charge in [0.15, 0.2) is 0 Å². The Morgan fingerprint density at radius 2 is 2.19 bits per heavy atom. The van der Waals surface area contributed by atoms with Crippen LogP contribution in [0.2, 0.25) is 5.02 Å². The standard InChI is InChI=1S/C22H26ClN7O2/c1-4-26-19(25-3)11-32-18-8-14(12(2)7-16(18)23)20-15-9-30(22(31)27-13-5-6-13)10-17(15)28-21(24)29-20/h4,7-8,13H,1,5-6,9-11H2,2-3H3,(H,25,26)(H,27,31)(H2,24,28,29). The summed E-state index contributed by atoms with van der Waals surface area (Å²) in [6.07, 6.45) is 3.60. The molecule has 0 radical (unpaired) electrons. The maximum atomic E-state index is 12.6. The molecule has 10 heteroatoms. The number of nitrogens with two attached hydrogens (primary N) is 1. The van der Waals surface area contributed by atoms with Gasteiger partial charge in [-0.3, -0.25) is 4.99 Å². The molecule has 0 bridgehead atoms. The van der Waals surface area contributed by atoms with E-state index in [2.05, 4.69) is 32.2 Å². The third kappa shape index (κ3) is 4.62. The number of nitrogens with one attached hydrogen (secondary N) is 2. The van der Waals surface area contributed by atoms with Crippen LogP contribution in [0.3, 0.4) is 0 Å². The summed E-state index contributed by atoms with van der Waals surface area (Å²) in [6.45, 7) is 6.59. The van der Waals surface area contributed by atoms with Gasteiger partial charge in [0.1, 0.15) is 18.2 Å². The number of fused-ring (bicyclic) bond motifs is 1. The lowest BCUT2D eigenvalue weighted by atomic mass is 10.0. The fourth-order valence-electron chi connectivity index (χ4n) is 3.59. The number of urea groups is 1. The molecule has 1 aromatic carbocycles. The number of nitrogens with zero attached hydrogens (tertiary/aromatic N) is 4. The molecule has 9 nitrogen and oxygen atoms in total. The highest BCUT2D eigenvalue weighted by molar-refractivity contribution is 6.32. The fourth-order valence-corrected chi connectivity index (χ4v) is 3.86. The average Bonchev–Trinajstić information content (AvgIpc) is 3.46. The summed E-state index contributed by atoms with van der Waals surface area (Å²) in [5.41, 5.74) is 10.1. The molecule has 4 N–H and O–H groups in total. The molecule has 1 fully saturated rings. The van der Waals surface area contributed by atoms with Crippen LogP contribution in [-0.2, 0) is 13.1 Å². The normalized spacial score (nSPS) is 15.3. The van der Waals surface area contributed by atoms with Crippen LogP contribution in [0.1, 0.15) is 29.7 Å². The first-order chi connectivity index (χ1) is 15.4. The first-order valence-corrected chi connectivity index (χ1v) is 10.7. The second-order valence-electron chi connectivity index (χ2n) is 7.84. The molecule has 1 saturated carbocycles. The molecule has 32 heavy (non-hydrogen) atoms. The third-order valence-electron chi connectivity index (χ3n) is 5.43. The van der Waals surface area contributed by atoms with Crippen LogP contribution in [0.4, 0.5) is 10.7 Å². The monoisotopic (exact) mass is 455 g/mol. The van der Waals surface area contributed by atoms with E-state index in [9.17, 15) is 4.79 Å². The van der Waals surface area contributed by atoms with Gasteiger partial charge in [-0.1, -0.05) is 18.2 Å². The lowest BCUT2D eigenvalue weighted by Crippen LogP contribution is -2.37. The topological polar surface area (TPSA) is 118 Å². The van der Waals surface area contributed by atoms with Crippen LogP contribution in [-0.4, -0.2) is 46.4 Å². The Morgan fingerprint density at radius 3 is 2.88 bits per heavy atom. The van der Waals surface area contributed by atoms with E-state index in [1.165, 1.54) is 6.20 Å². The summed E-state index contributed by atoms with van der Waals surface area (Å²) < 4.78 is 5.90. The van der Waals surface area contributed by atoms with Crippen molar-refractivity contribution in [3.8, 4) is 17.0 Å². The quantitative estimate of drug-likeness (QED) is 0.455. The molecule has 168 valence electrons. The van der Waals surface area contributed by atoms with E-state index in [4.69, 9.17) is 22.1 Å². The predicted molar refractivity (Wildman–Crippen MR) is 125 cm³/mol. The van der Waals surface area contributed by atoms with Crippen LogP contribution >= 0.6 is 11.6 Å². The molecule has 0 atom stereocenters. The number of hydrogen-bond donors (Lipinski definition) is 3. The molecular weight excluding hydrogens is 430 g/mol. The summed E-state index contributed by atoms with van der Waals surface area (Å²) in [6, 6.07) is 3.86. The van der Waals surface area contributed by atoms with Gasteiger partial charge in [-0.2, -0.15) is 0 Å². The Kier molecular flexibility index (Phi) is 6.18. The highest BCUT2D eigenvalue weighted by atomic mass is 35.5. The van der Waals surface area contributed by atoms with E-state index < -0.39 is 0 Å². The van der Waals surface area contributed by atoms with E-state index >= 15 is 0 Å². The zero-order valence-electron chi connectivity index (χ0n) is 18.1. The van der Waals surface area contributed by atoms with E-state index in [0.717, 1.165) is 35.2 Å². The average molecular weight is 456 g/mol. The van der Waals surface area contributed by atoms with E-state index in [1.807, 2.05) is 19.1 Å². The largest absolute Gasteiger partial charge is 0.484 e. The second-order valence-corrected chi connectivity index (χ2v) is 8.25. The minimum Gasteiger partial charge on any atom is -0.484 e. The van der Waals surface area contributed by atoms with Gasteiger partial charge in [-0.25, -0.2) is 14.8 Å². The molecule has 4 rings (SSSR count). The Morgan fingerprint density at radius 1 is 1.41 bits per heavy atom. The van der Waals surface area contributed by atoms with Gasteiger partial charge in [0.05, 0.1) is 29.5 Å². The fraction of sp³-hybridized carbons (Fsp3) is 0.364. The van der Waals surface area contributed by atoms with Crippen LogP contribution in [0.25, 0.3) is 11.3 Å². The molecule has 1 aliphatic carbocycles. The molecule has 1 aliphatic heterocycles. The molecule has 2 amide bonds. The molecule has 1 aromatic heterocycles. The van der Waals surface area contributed by atoms with Crippen LogP contribution in [0.15, 0.2) is 29.9 Å². The highest BCUT2D eigenvalue weighted by Crippen LogP contribution is 2.37. The first-order valence-electron chi connectivity index (χ1n) is 10.4. The van der Waals surface area contributed by atoms with Gasteiger partial charge in [0.2, 0.25) is 5.95 Å². The number of amidine groups is 1. The molecule has 2 aliphatic rings. The minimum absolute atomic E-state index is 0.0898. The van der Waals surface area contributed by atoms with E-state index in [1.54, 1.807) is 11.9 Å². The number of aromatic nitrogens is 2. The number of aliphatic imine (C=N–C) groups is 1. The maximum absolute atomic E-state index is 12.6. The van der Waals surface area contributed by atoms with E-state index in [-0.39, 0.29) is 24.6 Å². The summed E-state index contributed by atoms with van der Waals surface area (Å²) in [5, 5.41) is 6.42. The van der Waals surface area contributed by atoms with Crippen molar-refractivity contribution in [3.63, 3.8) is 0 Å². The Balaban J connectivity index is 1.64. The van der Waals surface area contributed by atoms with Gasteiger partial charge in [-0.05, 0) is 43.7 Å². The summed E-state index contributed by atoms with van der Waals surface area (Å²) >= 11 is 6.44. The lowest BCUT2D eigenvalue weighted by Gasteiger charge is -2.16. The van der Waals surface area contributed by atoms with Crippen molar-refractivity contribution in [1.29, 1.82) is 0 Å². The van der Waals surface area contributed by atoms with Crippen LogP contribution < -0.4 is 21.1 Å². The van der Waals surface area contributed by atoms with Gasteiger partial charge in [0.25, 0.3) is 0 Å². The number of benzene rings is 1. The maximum Gasteiger partial charge on any atom is 0.318 e. The molecule has 0 saturated heterocycles. The van der Waals surface area contributed by atoms with Crippen molar-refractivity contribution >= 4 is 29.4 Å². The van der Waals surface area contributed by atoms with Crippen molar-refractivity contribution < 1.29 is 9.53 Å². The molecular formula is C22H26ClN7O2. The number of halogens is 1. The molecule has 2 heterocycles. The number of amides is 2. The van der Waals surface area contributed by atoms with Gasteiger partial charge in [-0.15, -0.1) is 0 Å². The Bertz CT molecular complexity index is 1100. The SMILES string of the molecule is C=CNC(COc1cc(-c2nc(N)nc3c2CN(C(=O)NC2CC2)C3)c(C)cc1Cl)=NC. The molecule has 0 unspecified atom stereocenters. The Hall–Kier alpha value is -3.33. The van der Waals surface area contributed by atoms with Crippen molar-refractivity contribution in [2.45, 2.75) is 38.9 Å². The number of ether oxygens (including phenoxy) is 1. The third-order valence-corrected chi connectivity index (χ3v) is 5.72. The smallest absolute Gasteiger partial charge is 0.318 e. The number of nitrogen functional groups attached to an aromatic ring is 1. The number of carbonyl (C=O) groups is 1. The van der Waals surface area contributed by atoms with Gasteiger partial charge in [0, 0.05) is 24.2 Å². The number of hydrogen-bond acceptors (Lipinski definition) is 6. The number of rotatable bonds is 6. The van der Waals surface area contributed by atoms with Crippen molar-refractivity contribution in [2.24, 2.45) is 4.99 Å². The minimum atomic E-state index is -0.0898. The van der Waals surface area contributed by atoms with Crippen molar-refractivity contribution in [1.82, 2.24) is 25.5 Å². The van der Waals surface area contributed by atoms with Gasteiger partial charge < -0.3 is 26.0 Å². The summed E-state index contributed by atoms with van der Waals surface area (Å²) in [4.78, 5) is 27.3. The first kappa shape index (κ1) is 21.9. The number of carbonyl (C=O) groups excluding carboxylic acids is 1. The van der Waals surface area contributed by atoms with Crippen molar-refractivity contribution in [3.05, 3.63) is 46.8 Å². The molecule has 0 spiro atoms. The van der Waals surface area contributed by atoms with Crippen molar-refractivity contribution in [2.75, 3.05) is 19.4 Å². The van der Waals surface area contributed by atoms with Crippen LogP contribution in [0.5, 0.6) is 5.75 Å². The van der Waals surface area contributed by atoms with Crippen LogP contribution in [0, 0.1) is 6.92 Å². The second kappa shape index (κ2) is 9.04. The lowest BCUT2D eigenvalue weighted by molar-refractivity contribution is 0.197. The number of aryl methyl sites for hydroxylation is 1. The van der Waals surface area contributed by atoms with Gasteiger partial charge >= 0.3 is 6.03 Å². The highest BCUT2D eigenvalue weighted by Gasteiger charge is 2.32. The summed E-state index contributed by atoms with van der Waals surface area (Å²) in [5.74, 6) is 1.27. The predicted octanol–water partition coefficient (Wildman–Crippen LogP) is 3.02. The number of anilines is 1. The Labute approximate surface area is 191 Å². The zero-order valence-corrected chi connectivity index (χ0v) is 18.9. The zero-order chi connectivity index (χ0) is 22.8.